The zero-order valence-corrected chi connectivity index (χ0v) is 16.9. The number of pyridine rings is 1. The Morgan fingerprint density at radius 1 is 0.935 bits per heavy atom. The number of carbonyl (C=O) groups is 1. The van der Waals surface area contributed by atoms with Crippen molar-refractivity contribution in [3.05, 3.63) is 102 Å². The van der Waals surface area contributed by atoms with Crippen molar-refractivity contribution in [1.29, 1.82) is 0 Å². The van der Waals surface area contributed by atoms with Crippen molar-refractivity contribution in [1.82, 2.24) is 24.7 Å². The largest absolute Gasteiger partial charge is 0.360 e. The Labute approximate surface area is 179 Å². The Morgan fingerprint density at radius 3 is 2.61 bits per heavy atom. The van der Waals surface area contributed by atoms with Gasteiger partial charge < -0.3 is 9.55 Å². The van der Waals surface area contributed by atoms with Crippen LogP contribution in [0.3, 0.4) is 0 Å². The second-order valence-electron chi connectivity index (χ2n) is 7.42. The second-order valence-corrected chi connectivity index (χ2v) is 7.42. The fraction of sp³-hybridized carbons (Fsp3) is 0.120. The Morgan fingerprint density at radius 2 is 1.77 bits per heavy atom. The van der Waals surface area contributed by atoms with Crippen molar-refractivity contribution in [3.63, 3.8) is 0 Å². The van der Waals surface area contributed by atoms with Gasteiger partial charge in [0.2, 0.25) is 0 Å². The number of para-hydroxylation sites is 1. The first-order valence-corrected chi connectivity index (χ1v) is 10.3. The normalized spacial score (nSPS) is 11.1. The molecule has 3 aromatic heterocycles. The van der Waals surface area contributed by atoms with Crippen molar-refractivity contribution < 1.29 is 4.79 Å². The third-order valence-electron chi connectivity index (χ3n) is 5.40. The van der Waals surface area contributed by atoms with Crippen LogP contribution in [0.15, 0.2) is 85.3 Å². The van der Waals surface area contributed by atoms with Gasteiger partial charge in [-0.2, -0.15) is 0 Å². The maximum Gasteiger partial charge on any atom is 0.165 e. The summed E-state index contributed by atoms with van der Waals surface area (Å²) in [5.41, 5.74) is 3.74. The first-order valence-electron chi connectivity index (χ1n) is 10.3. The van der Waals surface area contributed by atoms with Crippen LogP contribution in [0.5, 0.6) is 0 Å². The summed E-state index contributed by atoms with van der Waals surface area (Å²) in [4.78, 5) is 20.3. The summed E-state index contributed by atoms with van der Waals surface area (Å²) in [6.07, 6.45) is 6.19. The first kappa shape index (κ1) is 18.9. The van der Waals surface area contributed by atoms with Gasteiger partial charge in [-0.3, -0.25) is 9.78 Å². The summed E-state index contributed by atoms with van der Waals surface area (Å²) in [6, 6.07) is 21.9. The molecule has 5 aromatic rings. The van der Waals surface area contributed by atoms with Crippen LogP contribution >= 0.6 is 0 Å². The van der Waals surface area contributed by atoms with Gasteiger partial charge in [0, 0.05) is 53.5 Å². The fourth-order valence-electron chi connectivity index (χ4n) is 3.82. The third kappa shape index (κ3) is 3.88. The van der Waals surface area contributed by atoms with Crippen LogP contribution < -0.4 is 0 Å². The van der Waals surface area contributed by atoms with Crippen molar-refractivity contribution in [2.24, 2.45) is 0 Å². The highest BCUT2D eigenvalue weighted by Crippen LogP contribution is 2.22. The van der Waals surface area contributed by atoms with Gasteiger partial charge in [0.25, 0.3) is 0 Å². The van der Waals surface area contributed by atoms with Gasteiger partial charge >= 0.3 is 0 Å². The van der Waals surface area contributed by atoms with E-state index in [0.717, 1.165) is 39.2 Å². The zero-order chi connectivity index (χ0) is 21.0. The number of rotatable bonds is 7. The minimum atomic E-state index is 0.0923. The predicted octanol–water partition coefficient (Wildman–Crippen LogP) is 4.69. The maximum atomic E-state index is 13.0. The van der Waals surface area contributed by atoms with E-state index in [1.165, 1.54) is 0 Å². The van der Waals surface area contributed by atoms with Gasteiger partial charge in [0.1, 0.15) is 5.82 Å². The van der Waals surface area contributed by atoms with Gasteiger partial charge in [0.05, 0.1) is 6.54 Å². The zero-order valence-electron chi connectivity index (χ0n) is 16.9. The molecule has 0 amide bonds. The predicted molar refractivity (Wildman–Crippen MR) is 120 cm³/mol. The van der Waals surface area contributed by atoms with Gasteiger partial charge in [-0.15, -0.1) is 10.2 Å². The van der Waals surface area contributed by atoms with Crippen LogP contribution in [0.2, 0.25) is 0 Å². The number of aromatic nitrogens is 5. The summed E-state index contributed by atoms with van der Waals surface area (Å²) < 4.78 is 2.08. The van der Waals surface area contributed by atoms with E-state index >= 15 is 0 Å². The van der Waals surface area contributed by atoms with Gasteiger partial charge in [0.15, 0.2) is 11.6 Å². The van der Waals surface area contributed by atoms with Crippen molar-refractivity contribution in [2.45, 2.75) is 19.4 Å². The Bertz CT molecular complexity index is 1320. The number of aromatic amines is 1. The lowest BCUT2D eigenvalue weighted by Crippen LogP contribution is -2.09. The number of carbonyl (C=O) groups excluding carboxylic acids is 1. The number of nitrogens with one attached hydrogen (secondary N) is 1. The van der Waals surface area contributed by atoms with Gasteiger partial charge in [-0.1, -0.05) is 48.5 Å². The molecule has 0 atom stereocenters. The molecule has 0 aliphatic rings. The highest BCUT2D eigenvalue weighted by Gasteiger charge is 2.17. The summed E-state index contributed by atoms with van der Waals surface area (Å²) in [5.74, 6) is 1.64. The minimum Gasteiger partial charge on any atom is -0.360 e. The number of Topliss-reactive ketones (excluding diaryl/α,β-unsaturated/α-hetero) is 1. The molecule has 6 heteroatoms. The SMILES string of the molecule is O=C(CCc1nnc(-c2cccnc2)n1Cc1ccccc1)c1c[nH]c2ccccc12. The molecule has 0 unspecified atom stereocenters. The van der Waals surface area contributed by atoms with Crippen LogP contribution in [-0.2, 0) is 13.0 Å². The summed E-state index contributed by atoms with van der Waals surface area (Å²) in [5, 5.41) is 9.81. The van der Waals surface area contributed by atoms with Gasteiger partial charge in [-0.25, -0.2) is 0 Å². The molecule has 0 radical (unpaired) electrons. The highest BCUT2D eigenvalue weighted by molar-refractivity contribution is 6.07. The highest BCUT2D eigenvalue weighted by atomic mass is 16.1. The van der Waals surface area contributed by atoms with Crippen LogP contribution in [0.4, 0.5) is 0 Å². The molecule has 0 aliphatic heterocycles. The molecule has 152 valence electrons. The van der Waals surface area contributed by atoms with E-state index in [0.29, 0.717) is 19.4 Å². The fourth-order valence-corrected chi connectivity index (χ4v) is 3.82. The molecule has 1 N–H and O–H groups in total. The number of H-pyrrole nitrogens is 1. The van der Waals surface area contributed by atoms with E-state index in [1.807, 2.05) is 54.6 Å². The minimum absolute atomic E-state index is 0.0923. The quantitative estimate of drug-likeness (QED) is 0.397. The molecular weight excluding hydrogens is 386 g/mol. The maximum absolute atomic E-state index is 13.0. The van der Waals surface area contributed by atoms with E-state index < -0.39 is 0 Å². The molecule has 2 aromatic carbocycles. The van der Waals surface area contributed by atoms with Gasteiger partial charge in [-0.05, 0) is 23.8 Å². The molecule has 6 nitrogen and oxygen atoms in total. The van der Waals surface area contributed by atoms with E-state index in [9.17, 15) is 4.79 Å². The molecule has 0 aliphatic carbocycles. The van der Waals surface area contributed by atoms with Crippen LogP contribution in [0, 0.1) is 0 Å². The lowest BCUT2D eigenvalue weighted by atomic mass is 10.1. The molecule has 0 saturated heterocycles. The molecule has 31 heavy (non-hydrogen) atoms. The average molecular weight is 407 g/mol. The number of ketones is 1. The Kier molecular flexibility index (Phi) is 5.10. The number of aryl methyl sites for hydroxylation is 1. The van der Waals surface area contributed by atoms with E-state index in [4.69, 9.17) is 0 Å². The smallest absolute Gasteiger partial charge is 0.165 e. The lowest BCUT2D eigenvalue weighted by Gasteiger charge is -2.10. The van der Waals surface area contributed by atoms with Crippen molar-refractivity contribution in [3.8, 4) is 11.4 Å². The van der Waals surface area contributed by atoms with Crippen LogP contribution in [0.1, 0.15) is 28.2 Å². The number of nitrogens with zero attached hydrogens (tertiary/aromatic N) is 4. The molecular formula is C25H21N5O. The lowest BCUT2D eigenvalue weighted by molar-refractivity contribution is 0.0983. The average Bonchev–Trinajstić information content (AvgIpc) is 3.43. The van der Waals surface area contributed by atoms with Crippen molar-refractivity contribution in [2.75, 3.05) is 0 Å². The molecule has 0 fully saturated rings. The first-order chi connectivity index (χ1) is 15.3. The summed E-state index contributed by atoms with van der Waals surface area (Å²) >= 11 is 0. The van der Waals surface area contributed by atoms with Crippen LogP contribution in [-0.4, -0.2) is 30.5 Å². The second kappa shape index (κ2) is 8.36. The number of hydrogen-bond donors (Lipinski definition) is 1. The Hall–Kier alpha value is -4.06. The molecule has 0 spiro atoms. The molecule has 0 saturated carbocycles. The summed E-state index contributed by atoms with van der Waals surface area (Å²) in [6.45, 7) is 0.634. The van der Waals surface area contributed by atoms with Crippen molar-refractivity contribution >= 4 is 16.7 Å². The number of benzene rings is 2. The number of fused-ring (bicyclic) bond motifs is 1. The topological polar surface area (TPSA) is 76.5 Å². The molecule has 3 heterocycles. The monoisotopic (exact) mass is 407 g/mol. The van der Waals surface area contributed by atoms with E-state index in [-0.39, 0.29) is 5.78 Å². The number of hydrogen-bond acceptors (Lipinski definition) is 4. The molecule has 0 bridgehead atoms. The Balaban J connectivity index is 1.43. The van der Waals surface area contributed by atoms with Crippen LogP contribution in [0.25, 0.3) is 22.3 Å². The standard InChI is InChI=1S/C25H21N5O/c31-23(21-16-27-22-11-5-4-10-20(21)22)12-13-24-28-29-25(19-9-6-14-26-15-19)30(24)17-18-7-2-1-3-8-18/h1-11,14-16,27H,12-13,17H2. The third-order valence-corrected chi connectivity index (χ3v) is 5.40. The van der Waals surface area contributed by atoms with E-state index in [2.05, 4.69) is 36.9 Å². The summed E-state index contributed by atoms with van der Waals surface area (Å²) in [7, 11) is 0. The van der Waals surface area contributed by atoms with E-state index in [1.54, 1.807) is 18.6 Å². The molecule has 5 rings (SSSR count).